The van der Waals surface area contributed by atoms with Gasteiger partial charge in [-0.25, -0.2) is 0 Å². The Morgan fingerprint density at radius 1 is 1.26 bits per heavy atom. The summed E-state index contributed by atoms with van der Waals surface area (Å²) < 4.78 is 5.61. The summed E-state index contributed by atoms with van der Waals surface area (Å²) in [7, 11) is 0. The highest BCUT2D eigenvalue weighted by molar-refractivity contribution is 7.99. The van der Waals surface area contributed by atoms with Crippen LogP contribution in [0.25, 0.3) is 0 Å². The zero-order valence-corrected chi connectivity index (χ0v) is 14.3. The van der Waals surface area contributed by atoms with Gasteiger partial charge >= 0.3 is 0 Å². The van der Waals surface area contributed by atoms with Crippen LogP contribution in [0.1, 0.15) is 11.1 Å². The molecule has 0 spiro atoms. The Morgan fingerprint density at radius 2 is 2.04 bits per heavy atom. The van der Waals surface area contributed by atoms with Crippen LogP contribution < -0.4 is 10.1 Å². The second kappa shape index (κ2) is 8.44. The minimum atomic E-state index is -0.170. The number of hydrogen-bond acceptors (Lipinski definition) is 3. The van der Waals surface area contributed by atoms with Crippen molar-refractivity contribution in [2.24, 2.45) is 0 Å². The molecule has 0 saturated heterocycles. The molecule has 3 nitrogen and oxygen atoms in total. The second-order valence-corrected chi connectivity index (χ2v) is 6.26. The number of thioether (sulfide) groups is 1. The Kier molecular flexibility index (Phi) is 6.29. The molecule has 0 saturated carbocycles. The molecular formula is C19H21NO2S. The smallest absolute Gasteiger partial charge is 0.262 e. The Labute approximate surface area is 141 Å². The van der Waals surface area contributed by atoms with Crippen LogP contribution >= 0.6 is 11.8 Å². The van der Waals surface area contributed by atoms with E-state index in [-0.39, 0.29) is 12.5 Å². The lowest BCUT2D eigenvalue weighted by Gasteiger charge is -2.12. The van der Waals surface area contributed by atoms with E-state index in [1.165, 1.54) is 5.56 Å². The number of aryl methyl sites for hydroxylation is 2. The summed E-state index contributed by atoms with van der Waals surface area (Å²) in [6.07, 6.45) is 1.84. The topological polar surface area (TPSA) is 38.3 Å². The summed E-state index contributed by atoms with van der Waals surface area (Å²) in [5.74, 6) is 1.36. The highest BCUT2D eigenvalue weighted by Crippen LogP contribution is 2.27. The van der Waals surface area contributed by atoms with Gasteiger partial charge in [0.2, 0.25) is 0 Å². The van der Waals surface area contributed by atoms with Crippen molar-refractivity contribution in [3.63, 3.8) is 0 Å². The summed E-state index contributed by atoms with van der Waals surface area (Å²) in [5, 5.41) is 2.90. The molecule has 2 aromatic carbocycles. The van der Waals surface area contributed by atoms with Crippen molar-refractivity contribution < 1.29 is 9.53 Å². The SMILES string of the molecule is C=CCSc1ccccc1NC(=O)COc1ccc(C)cc1C. The quantitative estimate of drug-likeness (QED) is 0.596. The maximum Gasteiger partial charge on any atom is 0.262 e. The number of anilines is 1. The van der Waals surface area contributed by atoms with Crippen molar-refractivity contribution in [1.29, 1.82) is 0 Å². The van der Waals surface area contributed by atoms with Gasteiger partial charge in [-0.2, -0.15) is 0 Å². The van der Waals surface area contributed by atoms with Crippen molar-refractivity contribution in [1.82, 2.24) is 0 Å². The van der Waals surface area contributed by atoms with Crippen LogP contribution in [-0.2, 0) is 4.79 Å². The first-order valence-electron chi connectivity index (χ1n) is 7.43. The lowest BCUT2D eigenvalue weighted by atomic mass is 10.1. The van der Waals surface area contributed by atoms with Gasteiger partial charge in [-0.3, -0.25) is 4.79 Å². The average molecular weight is 327 g/mol. The molecule has 0 heterocycles. The van der Waals surface area contributed by atoms with Crippen LogP contribution in [0.5, 0.6) is 5.75 Å². The molecule has 0 aliphatic carbocycles. The van der Waals surface area contributed by atoms with E-state index in [1.54, 1.807) is 11.8 Å². The monoisotopic (exact) mass is 327 g/mol. The van der Waals surface area contributed by atoms with E-state index in [4.69, 9.17) is 4.74 Å². The molecule has 4 heteroatoms. The van der Waals surface area contributed by atoms with Crippen LogP contribution in [0.15, 0.2) is 60.0 Å². The fraction of sp³-hybridized carbons (Fsp3) is 0.211. The molecule has 0 fully saturated rings. The van der Waals surface area contributed by atoms with Gasteiger partial charge in [0, 0.05) is 10.6 Å². The van der Waals surface area contributed by atoms with Crippen molar-refractivity contribution in [3.8, 4) is 5.75 Å². The molecule has 1 N–H and O–H groups in total. The normalized spacial score (nSPS) is 10.2. The van der Waals surface area contributed by atoms with Crippen LogP contribution in [0, 0.1) is 13.8 Å². The summed E-state index contributed by atoms with van der Waals surface area (Å²) in [4.78, 5) is 13.1. The predicted octanol–water partition coefficient (Wildman–Crippen LogP) is 4.60. The summed E-state index contributed by atoms with van der Waals surface area (Å²) in [6, 6.07) is 13.6. The number of nitrogens with one attached hydrogen (secondary N) is 1. The Bertz CT molecular complexity index is 698. The fourth-order valence-electron chi connectivity index (χ4n) is 2.14. The zero-order valence-electron chi connectivity index (χ0n) is 13.5. The van der Waals surface area contributed by atoms with Gasteiger partial charge in [0.05, 0.1) is 5.69 Å². The largest absolute Gasteiger partial charge is 0.483 e. The molecular weight excluding hydrogens is 306 g/mol. The third kappa shape index (κ3) is 5.18. The lowest BCUT2D eigenvalue weighted by molar-refractivity contribution is -0.118. The maximum absolute atomic E-state index is 12.1. The average Bonchev–Trinajstić information content (AvgIpc) is 2.53. The number of carbonyl (C=O) groups is 1. The first kappa shape index (κ1) is 17.2. The Hall–Kier alpha value is -2.20. The molecule has 0 unspecified atom stereocenters. The molecule has 0 atom stereocenters. The molecule has 0 radical (unpaired) electrons. The minimum Gasteiger partial charge on any atom is -0.483 e. The van der Waals surface area contributed by atoms with Crippen LogP contribution in [0.3, 0.4) is 0 Å². The number of carbonyl (C=O) groups excluding carboxylic acids is 1. The molecule has 0 aromatic heterocycles. The Balaban J connectivity index is 1.96. The molecule has 0 aliphatic heterocycles. The van der Waals surface area contributed by atoms with Crippen LogP contribution in [0.2, 0.25) is 0 Å². The van der Waals surface area contributed by atoms with Crippen molar-refractivity contribution in [2.45, 2.75) is 18.7 Å². The van der Waals surface area contributed by atoms with Gasteiger partial charge in [0.1, 0.15) is 5.75 Å². The maximum atomic E-state index is 12.1. The van der Waals surface area contributed by atoms with Gasteiger partial charge in [0.15, 0.2) is 6.61 Å². The van der Waals surface area contributed by atoms with E-state index in [0.29, 0.717) is 0 Å². The Morgan fingerprint density at radius 3 is 2.78 bits per heavy atom. The standard InChI is InChI=1S/C19H21NO2S/c1-4-11-23-18-8-6-5-7-16(18)20-19(21)13-22-17-10-9-14(2)12-15(17)3/h4-10,12H,1,11,13H2,2-3H3,(H,20,21). The van der Waals surface area contributed by atoms with Crippen LogP contribution in [0.4, 0.5) is 5.69 Å². The highest BCUT2D eigenvalue weighted by atomic mass is 32.2. The summed E-state index contributed by atoms with van der Waals surface area (Å²) in [6.45, 7) is 7.71. The van der Waals surface area contributed by atoms with Gasteiger partial charge in [0.25, 0.3) is 5.91 Å². The van der Waals surface area contributed by atoms with E-state index in [2.05, 4.69) is 11.9 Å². The van der Waals surface area contributed by atoms with Crippen molar-refractivity contribution in [3.05, 3.63) is 66.2 Å². The summed E-state index contributed by atoms with van der Waals surface area (Å²) in [5.41, 5.74) is 3.00. The number of hydrogen-bond donors (Lipinski definition) is 1. The molecule has 2 aromatic rings. The molecule has 0 aliphatic rings. The van der Waals surface area contributed by atoms with Crippen molar-refractivity contribution >= 4 is 23.4 Å². The number of rotatable bonds is 7. The van der Waals surface area contributed by atoms with E-state index in [9.17, 15) is 4.79 Å². The highest BCUT2D eigenvalue weighted by Gasteiger charge is 2.08. The van der Waals surface area contributed by atoms with Gasteiger partial charge in [-0.15, -0.1) is 18.3 Å². The number of benzene rings is 2. The third-order valence-corrected chi connectivity index (χ3v) is 4.28. The van der Waals surface area contributed by atoms with Crippen molar-refractivity contribution in [2.75, 3.05) is 17.7 Å². The minimum absolute atomic E-state index is 0.00956. The van der Waals surface area contributed by atoms with Gasteiger partial charge in [-0.05, 0) is 37.6 Å². The van der Waals surface area contributed by atoms with E-state index in [1.807, 2.05) is 62.4 Å². The first-order chi connectivity index (χ1) is 11.1. The summed E-state index contributed by atoms with van der Waals surface area (Å²) >= 11 is 1.63. The van der Waals surface area contributed by atoms with E-state index < -0.39 is 0 Å². The fourth-order valence-corrected chi connectivity index (χ4v) is 2.88. The molecule has 0 bridgehead atoms. The van der Waals surface area contributed by atoms with E-state index >= 15 is 0 Å². The molecule has 2 rings (SSSR count). The number of para-hydroxylation sites is 1. The number of amides is 1. The van der Waals surface area contributed by atoms with E-state index in [0.717, 1.165) is 27.6 Å². The van der Waals surface area contributed by atoms with Gasteiger partial charge < -0.3 is 10.1 Å². The zero-order chi connectivity index (χ0) is 16.7. The second-order valence-electron chi connectivity index (χ2n) is 5.20. The number of ether oxygens (including phenoxy) is 1. The predicted molar refractivity (Wildman–Crippen MR) is 97.4 cm³/mol. The lowest BCUT2D eigenvalue weighted by Crippen LogP contribution is -2.20. The molecule has 1 amide bonds. The molecule has 23 heavy (non-hydrogen) atoms. The third-order valence-electron chi connectivity index (χ3n) is 3.21. The molecule has 120 valence electrons. The first-order valence-corrected chi connectivity index (χ1v) is 8.41. The van der Waals surface area contributed by atoms with Gasteiger partial charge in [-0.1, -0.05) is 35.9 Å². The van der Waals surface area contributed by atoms with Crippen LogP contribution in [-0.4, -0.2) is 18.3 Å².